The summed E-state index contributed by atoms with van der Waals surface area (Å²) >= 11 is 0. The predicted octanol–water partition coefficient (Wildman–Crippen LogP) is 1.83. The van der Waals surface area contributed by atoms with Gasteiger partial charge in [0.15, 0.2) is 0 Å². The third kappa shape index (κ3) is 20.6. The Kier molecular flexibility index (Phi) is 25.7. The number of rotatable bonds is 14. The molecule has 0 spiro atoms. The predicted molar refractivity (Wildman–Crippen MR) is 105 cm³/mol. The number of unbranched alkanes of at least 4 members (excludes halogenated alkanes) is 4. The molecule has 150 valence electrons. The van der Waals surface area contributed by atoms with Crippen LogP contribution in [0.15, 0.2) is 12.2 Å². The van der Waals surface area contributed by atoms with Gasteiger partial charge < -0.3 is 16.1 Å². The average molecular weight is 399 g/mol. The molecular weight excluding hydrogens is 357 g/mol. The van der Waals surface area contributed by atoms with E-state index in [2.05, 4.69) is 27.7 Å². The normalized spacial score (nSPS) is 10.8. The SMILES string of the molecule is CCCC[N+](CCCC)(CCCC)CCCC.O=C(O)/C=C/C(=O)O.[H-].[K+]. The molecular formula is C20H41KNO4+. The topological polar surface area (TPSA) is 74.6 Å². The number of carboxylic acid groups (broad SMARTS) is 2. The van der Waals surface area contributed by atoms with Gasteiger partial charge in [0, 0.05) is 12.2 Å². The van der Waals surface area contributed by atoms with Gasteiger partial charge >= 0.3 is 63.3 Å². The number of carboxylic acids is 2. The van der Waals surface area contributed by atoms with E-state index in [0.717, 1.165) is 0 Å². The van der Waals surface area contributed by atoms with Crippen LogP contribution in [-0.4, -0.2) is 52.8 Å². The van der Waals surface area contributed by atoms with E-state index in [1.807, 2.05) is 0 Å². The van der Waals surface area contributed by atoms with Gasteiger partial charge in [0.05, 0.1) is 26.2 Å². The molecule has 0 heterocycles. The van der Waals surface area contributed by atoms with Crippen molar-refractivity contribution in [2.45, 2.75) is 79.1 Å². The van der Waals surface area contributed by atoms with Crippen LogP contribution in [0.4, 0.5) is 0 Å². The molecule has 0 aliphatic heterocycles. The number of nitrogens with zero attached hydrogens (tertiary/aromatic N) is 1. The van der Waals surface area contributed by atoms with Crippen LogP contribution in [0.25, 0.3) is 0 Å². The fourth-order valence-corrected chi connectivity index (χ4v) is 2.79. The number of hydrogen-bond donors (Lipinski definition) is 2. The molecule has 0 unspecified atom stereocenters. The summed E-state index contributed by atoms with van der Waals surface area (Å²) in [5.74, 6) is -2.51. The molecule has 26 heavy (non-hydrogen) atoms. The van der Waals surface area contributed by atoms with Gasteiger partial charge in [-0.3, -0.25) is 0 Å². The molecule has 0 aromatic carbocycles. The molecule has 0 amide bonds. The van der Waals surface area contributed by atoms with E-state index in [-0.39, 0.29) is 52.8 Å². The van der Waals surface area contributed by atoms with E-state index >= 15 is 0 Å². The molecule has 0 bridgehead atoms. The van der Waals surface area contributed by atoms with Crippen LogP contribution in [0.3, 0.4) is 0 Å². The molecule has 0 atom stereocenters. The second-order valence-electron chi connectivity index (χ2n) is 6.66. The summed E-state index contributed by atoms with van der Waals surface area (Å²) < 4.78 is 1.42. The molecule has 0 saturated carbocycles. The maximum Gasteiger partial charge on any atom is 1.00 e. The van der Waals surface area contributed by atoms with E-state index in [4.69, 9.17) is 10.2 Å². The van der Waals surface area contributed by atoms with Crippen LogP contribution in [-0.2, 0) is 9.59 Å². The number of quaternary nitrogens is 1. The Morgan fingerprint density at radius 2 is 0.923 bits per heavy atom. The van der Waals surface area contributed by atoms with Crippen LogP contribution >= 0.6 is 0 Å². The van der Waals surface area contributed by atoms with E-state index in [1.165, 1.54) is 82.0 Å². The largest absolute Gasteiger partial charge is 1.00 e. The maximum atomic E-state index is 9.55. The third-order valence-electron chi connectivity index (χ3n) is 4.31. The first kappa shape index (κ1) is 31.0. The van der Waals surface area contributed by atoms with Crippen LogP contribution in [0.5, 0.6) is 0 Å². The van der Waals surface area contributed by atoms with Crippen molar-refractivity contribution in [2.24, 2.45) is 0 Å². The first-order valence-electron chi connectivity index (χ1n) is 9.86. The zero-order valence-corrected chi connectivity index (χ0v) is 20.9. The summed E-state index contributed by atoms with van der Waals surface area (Å²) in [4.78, 5) is 19.1. The Balaban J connectivity index is -0.000000226. The molecule has 0 aromatic heterocycles. The van der Waals surface area contributed by atoms with E-state index in [9.17, 15) is 9.59 Å². The summed E-state index contributed by atoms with van der Waals surface area (Å²) in [6.45, 7) is 15.0. The molecule has 5 nitrogen and oxygen atoms in total. The summed E-state index contributed by atoms with van der Waals surface area (Å²) in [5.41, 5.74) is 0. The van der Waals surface area contributed by atoms with Crippen LogP contribution in [0.1, 0.15) is 80.5 Å². The van der Waals surface area contributed by atoms with E-state index in [1.54, 1.807) is 0 Å². The Bertz CT molecular complexity index is 325. The number of aliphatic carboxylic acids is 2. The summed E-state index contributed by atoms with van der Waals surface area (Å²) in [6, 6.07) is 0. The van der Waals surface area contributed by atoms with Crippen molar-refractivity contribution < 1.29 is 77.1 Å². The second-order valence-corrected chi connectivity index (χ2v) is 6.66. The summed E-state index contributed by atoms with van der Waals surface area (Å²) in [7, 11) is 0. The Morgan fingerprint density at radius 3 is 1.08 bits per heavy atom. The molecule has 0 radical (unpaired) electrons. The van der Waals surface area contributed by atoms with Crippen LogP contribution < -0.4 is 51.4 Å². The fraction of sp³-hybridized carbons (Fsp3) is 0.800. The molecule has 0 aromatic rings. The maximum absolute atomic E-state index is 9.55. The van der Waals surface area contributed by atoms with Gasteiger partial charge in [-0.2, -0.15) is 0 Å². The summed E-state index contributed by atoms with van der Waals surface area (Å²) in [6.07, 6.45) is 12.2. The quantitative estimate of drug-likeness (QED) is 0.266. The van der Waals surface area contributed by atoms with Crippen molar-refractivity contribution >= 4 is 11.9 Å². The van der Waals surface area contributed by atoms with Crippen LogP contribution in [0.2, 0.25) is 0 Å². The minimum atomic E-state index is -1.26. The standard InChI is InChI=1S/C16H36N.C4H4O4.K.H/c1-5-9-13-17(14-10-6-2,15-11-7-3)16-12-8-4;5-3(6)1-2-4(7)8;;/h5-16H2,1-4H3;1-2H,(H,5,6)(H,7,8);;/q+1;;+1;-1/b;2-1+;;. The molecule has 0 saturated heterocycles. The first-order valence-corrected chi connectivity index (χ1v) is 9.86. The molecule has 2 N–H and O–H groups in total. The van der Waals surface area contributed by atoms with Gasteiger partial charge in [0.1, 0.15) is 0 Å². The van der Waals surface area contributed by atoms with Gasteiger partial charge in [-0.25, -0.2) is 9.59 Å². The van der Waals surface area contributed by atoms with Crippen molar-refractivity contribution in [3.63, 3.8) is 0 Å². The van der Waals surface area contributed by atoms with E-state index < -0.39 is 11.9 Å². The monoisotopic (exact) mass is 398 g/mol. The third-order valence-corrected chi connectivity index (χ3v) is 4.31. The molecule has 6 heteroatoms. The van der Waals surface area contributed by atoms with Gasteiger partial charge in [-0.15, -0.1) is 0 Å². The molecule has 0 aliphatic carbocycles. The van der Waals surface area contributed by atoms with Crippen molar-refractivity contribution in [3.8, 4) is 0 Å². The number of carbonyl (C=O) groups is 2. The van der Waals surface area contributed by atoms with Crippen molar-refractivity contribution in [2.75, 3.05) is 26.2 Å². The minimum Gasteiger partial charge on any atom is -1.00 e. The fourth-order valence-electron chi connectivity index (χ4n) is 2.79. The summed E-state index contributed by atoms with van der Waals surface area (Å²) in [5, 5.41) is 15.6. The molecule has 0 fully saturated rings. The van der Waals surface area contributed by atoms with Crippen molar-refractivity contribution in [3.05, 3.63) is 12.2 Å². The Morgan fingerprint density at radius 1 is 0.692 bits per heavy atom. The van der Waals surface area contributed by atoms with Crippen molar-refractivity contribution in [1.29, 1.82) is 0 Å². The average Bonchev–Trinajstić information content (AvgIpc) is 2.59. The zero-order valence-electron chi connectivity index (χ0n) is 18.8. The molecule has 0 rings (SSSR count). The van der Waals surface area contributed by atoms with Crippen LogP contribution in [0, 0.1) is 0 Å². The second kappa shape index (κ2) is 21.6. The van der Waals surface area contributed by atoms with Gasteiger partial charge in [-0.1, -0.05) is 53.4 Å². The van der Waals surface area contributed by atoms with Crippen molar-refractivity contribution in [1.82, 2.24) is 0 Å². The van der Waals surface area contributed by atoms with E-state index in [0.29, 0.717) is 12.2 Å². The van der Waals surface area contributed by atoms with Gasteiger partial charge in [0.25, 0.3) is 0 Å². The Labute approximate surface area is 204 Å². The number of hydrogen-bond acceptors (Lipinski definition) is 2. The van der Waals surface area contributed by atoms with Gasteiger partial charge in [-0.05, 0) is 25.7 Å². The first-order chi connectivity index (χ1) is 11.9. The zero-order chi connectivity index (χ0) is 19.6. The smallest absolute Gasteiger partial charge is 1.00 e. The molecule has 0 aliphatic rings. The Hall–Kier alpha value is 0.276. The van der Waals surface area contributed by atoms with Gasteiger partial charge in [0.2, 0.25) is 0 Å². The minimum absolute atomic E-state index is 0.